The number of nitrogen functional groups attached to an aromatic ring is 1. The molecule has 0 amide bonds. The minimum absolute atomic E-state index is 0.0475. The summed E-state index contributed by atoms with van der Waals surface area (Å²) in [7, 11) is 0. The average Bonchev–Trinajstić information content (AvgIpc) is 2.29. The number of benzene rings is 1. The Morgan fingerprint density at radius 2 is 2.05 bits per heavy atom. The van der Waals surface area contributed by atoms with Crippen LogP contribution in [0.5, 0.6) is 5.75 Å². The molecule has 4 N–H and O–H groups in total. The molecule has 0 bridgehead atoms. The monoisotopic (exact) mass is 284 g/mol. The molecule has 0 heterocycles. The molecule has 0 spiro atoms. The van der Waals surface area contributed by atoms with Gasteiger partial charge in [0.05, 0.1) is 24.1 Å². The maximum absolute atomic E-state index is 13.6. The van der Waals surface area contributed by atoms with Crippen molar-refractivity contribution in [2.45, 2.75) is 40.2 Å². The molecule has 0 saturated carbocycles. The second kappa shape index (κ2) is 6.79. The molecule has 0 aliphatic rings. The van der Waals surface area contributed by atoms with Crippen molar-refractivity contribution >= 4 is 11.4 Å². The van der Waals surface area contributed by atoms with Gasteiger partial charge in [0.1, 0.15) is 0 Å². The van der Waals surface area contributed by atoms with Gasteiger partial charge >= 0.3 is 0 Å². The Hall–Kier alpha value is -1.49. The second-order valence-electron chi connectivity index (χ2n) is 6.10. The van der Waals surface area contributed by atoms with Crippen molar-refractivity contribution in [3.8, 4) is 5.75 Å². The van der Waals surface area contributed by atoms with E-state index < -0.39 is 11.9 Å². The number of aliphatic hydroxyl groups excluding tert-OH is 1. The quantitative estimate of drug-likeness (QED) is 0.702. The van der Waals surface area contributed by atoms with E-state index in [0.717, 1.165) is 0 Å². The first kappa shape index (κ1) is 16.6. The first-order valence-corrected chi connectivity index (χ1v) is 6.86. The Balaban J connectivity index is 2.70. The lowest BCUT2D eigenvalue weighted by Crippen LogP contribution is -2.25. The van der Waals surface area contributed by atoms with Gasteiger partial charge in [0, 0.05) is 18.7 Å². The van der Waals surface area contributed by atoms with Crippen LogP contribution in [0.25, 0.3) is 0 Å². The molecule has 1 unspecified atom stereocenters. The molecule has 1 aromatic rings. The molecule has 114 valence electrons. The maximum Gasteiger partial charge on any atom is 0.167 e. The van der Waals surface area contributed by atoms with Gasteiger partial charge < -0.3 is 20.9 Å². The third-order valence-electron chi connectivity index (χ3n) is 2.78. The lowest BCUT2D eigenvalue weighted by molar-refractivity contribution is 0.132. The molecule has 1 aromatic carbocycles. The van der Waals surface area contributed by atoms with Crippen LogP contribution in [0.2, 0.25) is 0 Å². The van der Waals surface area contributed by atoms with Gasteiger partial charge in [-0.15, -0.1) is 0 Å². The molecule has 0 aliphatic carbocycles. The normalized spacial score (nSPS) is 13.1. The summed E-state index contributed by atoms with van der Waals surface area (Å²) in [6, 6.07) is 2.75. The van der Waals surface area contributed by atoms with Crippen molar-refractivity contribution in [1.29, 1.82) is 0 Å². The number of rotatable bonds is 6. The highest BCUT2D eigenvalue weighted by Crippen LogP contribution is 2.28. The fourth-order valence-corrected chi connectivity index (χ4v) is 1.99. The Morgan fingerprint density at radius 1 is 1.40 bits per heavy atom. The van der Waals surface area contributed by atoms with Crippen molar-refractivity contribution < 1.29 is 14.2 Å². The average molecular weight is 284 g/mol. The SMILES string of the molecule is CCOc1cc(NCC(O)CC(C)(C)C)c(N)cc1F. The summed E-state index contributed by atoms with van der Waals surface area (Å²) < 4.78 is 18.7. The summed E-state index contributed by atoms with van der Waals surface area (Å²) in [5.41, 5.74) is 6.68. The van der Waals surface area contributed by atoms with E-state index >= 15 is 0 Å². The molecule has 1 atom stereocenters. The molecule has 0 fully saturated rings. The van der Waals surface area contributed by atoms with Crippen molar-refractivity contribution in [2.24, 2.45) is 5.41 Å². The second-order valence-corrected chi connectivity index (χ2v) is 6.10. The van der Waals surface area contributed by atoms with Crippen LogP contribution in [0.15, 0.2) is 12.1 Å². The Labute approximate surface area is 120 Å². The van der Waals surface area contributed by atoms with Crippen LogP contribution in [0.3, 0.4) is 0 Å². The number of nitrogens with one attached hydrogen (secondary N) is 1. The maximum atomic E-state index is 13.6. The van der Waals surface area contributed by atoms with Crippen molar-refractivity contribution in [3.05, 3.63) is 17.9 Å². The first-order chi connectivity index (χ1) is 9.23. The van der Waals surface area contributed by atoms with Gasteiger partial charge in [-0.25, -0.2) is 4.39 Å². The Bertz CT molecular complexity index is 444. The topological polar surface area (TPSA) is 67.5 Å². The molecule has 0 aliphatic heterocycles. The minimum atomic E-state index is -0.491. The molecule has 0 radical (unpaired) electrons. The third kappa shape index (κ3) is 5.25. The first-order valence-electron chi connectivity index (χ1n) is 6.86. The van der Waals surface area contributed by atoms with E-state index in [1.54, 1.807) is 6.92 Å². The van der Waals surface area contributed by atoms with Crippen LogP contribution in [0.4, 0.5) is 15.8 Å². The highest BCUT2D eigenvalue weighted by atomic mass is 19.1. The van der Waals surface area contributed by atoms with E-state index in [2.05, 4.69) is 26.1 Å². The van der Waals surface area contributed by atoms with Crippen LogP contribution in [0, 0.1) is 11.2 Å². The summed E-state index contributed by atoms with van der Waals surface area (Å²) in [6.07, 6.45) is 0.175. The fourth-order valence-electron chi connectivity index (χ4n) is 1.99. The summed E-state index contributed by atoms with van der Waals surface area (Å²) in [4.78, 5) is 0. The van der Waals surface area contributed by atoms with Crippen LogP contribution in [0.1, 0.15) is 34.1 Å². The third-order valence-corrected chi connectivity index (χ3v) is 2.78. The number of hydrogen-bond acceptors (Lipinski definition) is 4. The smallest absolute Gasteiger partial charge is 0.167 e. The lowest BCUT2D eigenvalue weighted by atomic mass is 9.89. The zero-order valence-corrected chi connectivity index (χ0v) is 12.7. The van der Waals surface area contributed by atoms with Gasteiger partial charge in [-0.2, -0.15) is 0 Å². The van der Waals surface area contributed by atoms with Crippen molar-refractivity contribution in [1.82, 2.24) is 0 Å². The summed E-state index contributed by atoms with van der Waals surface area (Å²) in [6.45, 7) is 8.72. The number of ether oxygens (including phenoxy) is 1. The molecule has 0 aromatic heterocycles. The lowest BCUT2D eigenvalue weighted by Gasteiger charge is -2.23. The van der Waals surface area contributed by atoms with Crippen molar-refractivity contribution in [2.75, 3.05) is 24.2 Å². The number of anilines is 2. The van der Waals surface area contributed by atoms with E-state index in [9.17, 15) is 9.50 Å². The predicted molar refractivity (Wildman–Crippen MR) is 80.5 cm³/mol. The van der Waals surface area contributed by atoms with Gasteiger partial charge in [-0.3, -0.25) is 0 Å². The molecular weight excluding hydrogens is 259 g/mol. The van der Waals surface area contributed by atoms with Crippen molar-refractivity contribution in [3.63, 3.8) is 0 Å². The predicted octanol–water partition coefficient (Wildman–Crippen LogP) is 3.02. The number of aliphatic hydroxyl groups is 1. The largest absolute Gasteiger partial charge is 0.491 e. The molecule has 4 nitrogen and oxygen atoms in total. The highest BCUT2D eigenvalue weighted by Gasteiger charge is 2.17. The summed E-state index contributed by atoms with van der Waals surface area (Å²) in [5.74, 6) is -0.320. The zero-order chi connectivity index (χ0) is 15.3. The van der Waals surface area contributed by atoms with E-state index in [4.69, 9.17) is 10.5 Å². The van der Waals surface area contributed by atoms with Crippen LogP contribution in [-0.2, 0) is 0 Å². The van der Waals surface area contributed by atoms with Crippen LogP contribution in [-0.4, -0.2) is 24.4 Å². The fraction of sp³-hybridized carbons (Fsp3) is 0.600. The summed E-state index contributed by atoms with van der Waals surface area (Å²) >= 11 is 0. The van der Waals surface area contributed by atoms with Crippen LogP contribution >= 0.6 is 0 Å². The van der Waals surface area contributed by atoms with Gasteiger partial charge in [0.2, 0.25) is 0 Å². The van der Waals surface area contributed by atoms with E-state index in [0.29, 0.717) is 30.9 Å². The van der Waals surface area contributed by atoms with Gasteiger partial charge in [-0.1, -0.05) is 20.8 Å². The summed E-state index contributed by atoms with van der Waals surface area (Å²) in [5, 5.41) is 13.0. The van der Waals surface area contributed by atoms with Gasteiger partial charge in [0.25, 0.3) is 0 Å². The Kier molecular flexibility index (Phi) is 5.62. The van der Waals surface area contributed by atoms with E-state index in [-0.39, 0.29) is 11.2 Å². The minimum Gasteiger partial charge on any atom is -0.491 e. The molecule has 5 heteroatoms. The Morgan fingerprint density at radius 3 is 2.60 bits per heavy atom. The number of hydrogen-bond donors (Lipinski definition) is 3. The van der Waals surface area contributed by atoms with Gasteiger partial charge in [0.15, 0.2) is 11.6 Å². The zero-order valence-electron chi connectivity index (χ0n) is 12.7. The van der Waals surface area contributed by atoms with E-state index in [1.165, 1.54) is 12.1 Å². The van der Waals surface area contributed by atoms with E-state index in [1.807, 2.05) is 0 Å². The highest BCUT2D eigenvalue weighted by molar-refractivity contribution is 5.68. The number of nitrogens with two attached hydrogens (primary N) is 1. The standard InChI is InChI=1S/C15H25FN2O2/c1-5-20-14-7-13(12(17)6-11(14)16)18-9-10(19)8-15(2,3)4/h6-7,10,18-19H,5,8-9,17H2,1-4H3. The number of halogens is 1. The molecule has 1 rings (SSSR count). The molecule has 0 saturated heterocycles. The molecule has 20 heavy (non-hydrogen) atoms. The van der Waals surface area contributed by atoms with Gasteiger partial charge in [-0.05, 0) is 18.8 Å². The molecular formula is C15H25FN2O2. The van der Waals surface area contributed by atoms with Crippen LogP contribution < -0.4 is 15.8 Å².